The van der Waals surface area contributed by atoms with E-state index in [1.54, 1.807) is 18.2 Å². The number of aromatic nitrogens is 1. The van der Waals surface area contributed by atoms with E-state index in [0.717, 1.165) is 11.3 Å². The van der Waals surface area contributed by atoms with E-state index in [1.165, 1.54) is 18.4 Å². The summed E-state index contributed by atoms with van der Waals surface area (Å²) in [6, 6.07) is 9.86. The Kier molecular flexibility index (Phi) is 4.06. The van der Waals surface area contributed by atoms with Gasteiger partial charge in [-0.1, -0.05) is 0 Å². The van der Waals surface area contributed by atoms with Crippen LogP contribution in [0.2, 0.25) is 0 Å². The van der Waals surface area contributed by atoms with Gasteiger partial charge >= 0.3 is 0 Å². The fraction of sp³-hybridized carbons (Fsp3) is 0.214. The maximum Gasteiger partial charge on any atom is 0.219 e. The van der Waals surface area contributed by atoms with Gasteiger partial charge in [0.05, 0.1) is 4.90 Å². The molecular formula is C14H16N2O3S. The first-order valence-corrected chi connectivity index (χ1v) is 7.93. The van der Waals surface area contributed by atoms with Crippen molar-refractivity contribution in [2.24, 2.45) is 5.73 Å². The van der Waals surface area contributed by atoms with E-state index in [0.29, 0.717) is 18.2 Å². The Morgan fingerprint density at radius 2 is 1.85 bits per heavy atom. The van der Waals surface area contributed by atoms with Crippen molar-refractivity contribution in [3.05, 3.63) is 47.7 Å². The van der Waals surface area contributed by atoms with E-state index in [1.807, 2.05) is 13.0 Å². The van der Waals surface area contributed by atoms with Crippen LogP contribution in [-0.4, -0.2) is 19.7 Å². The molecular weight excluding hydrogens is 276 g/mol. The zero-order valence-electron chi connectivity index (χ0n) is 11.3. The van der Waals surface area contributed by atoms with Crippen LogP contribution in [0, 0.1) is 6.92 Å². The van der Waals surface area contributed by atoms with Crippen LogP contribution in [-0.2, 0) is 16.4 Å². The van der Waals surface area contributed by atoms with Crippen LogP contribution in [0.3, 0.4) is 0 Å². The number of sulfone groups is 1. The summed E-state index contributed by atoms with van der Waals surface area (Å²) in [6.07, 6.45) is 1.17. The quantitative estimate of drug-likeness (QED) is 0.932. The third-order valence-corrected chi connectivity index (χ3v) is 3.83. The van der Waals surface area contributed by atoms with Crippen molar-refractivity contribution in [3.63, 3.8) is 0 Å². The second-order valence-electron chi connectivity index (χ2n) is 4.50. The Balaban J connectivity index is 2.24. The molecule has 106 valence electrons. The minimum Gasteiger partial charge on any atom is -0.439 e. The van der Waals surface area contributed by atoms with Crippen molar-refractivity contribution in [1.29, 1.82) is 0 Å². The third kappa shape index (κ3) is 3.55. The third-order valence-electron chi connectivity index (χ3n) is 2.70. The lowest BCUT2D eigenvalue weighted by Gasteiger charge is -2.08. The fourth-order valence-corrected chi connectivity index (χ4v) is 2.38. The maximum atomic E-state index is 11.4. The lowest BCUT2D eigenvalue weighted by molar-refractivity contribution is 0.460. The highest BCUT2D eigenvalue weighted by atomic mass is 32.2. The molecule has 2 aromatic rings. The summed E-state index contributed by atoms with van der Waals surface area (Å²) in [5, 5.41) is 0. The maximum absolute atomic E-state index is 11.4. The Bertz CT molecular complexity index is 710. The molecule has 0 bridgehead atoms. The summed E-state index contributed by atoms with van der Waals surface area (Å²) >= 11 is 0. The van der Waals surface area contributed by atoms with Crippen molar-refractivity contribution in [2.45, 2.75) is 18.4 Å². The number of rotatable bonds is 4. The summed E-state index contributed by atoms with van der Waals surface area (Å²) in [6.45, 7) is 2.27. The number of ether oxygens (including phenoxy) is 1. The normalized spacial score (nSPS) is 11.3. The molecule has 0 radical (unpaired) electrons. The molecule has 6 heteroatoms. The highest BCUT2D eigenvalue weighted by Gasteiger charge is 2.07. The van der Waals surface area contributed by atoms with Crippen LogP contribution < -0.4 is 10.5 Å². The number of aryl methyl sites for hydroxylation is 1. The monoisotopic (exact) mass is 292 g/mol. The average Bonchev–Trinajstić information content (AvgIpc) is 2.37. The number of hydrogen-bond acceptors (Lipinski definition) is 5. The molecule has 0 atom stereocenters. The standard InChI is InChI=1S/C14H16N2O3S/c1-10-7-11(9-15)8-14(16-10)19-12-3-5-13(6-4-12)20(2,17)18/h3-8H,9,15H2,1-2H3. The van der Waals surface area contributed by atoms with Crippen LogP contribution in [0.15, 0.2) is 41.3 Å². The Labute approximate surface area is 118 Å². The molecule has 0 amide bonds. The molecule has 20 heavy (non-hydrogen) atoms. The summed E-state index contributed by atoms with van der Waals surface area (Å²) in [5.74, 6) is 0.969. The van der Waals surface area contributed by atoms with E-state index in [4.69, 9.17) is 10.5 Å². The zero-order valence-corrected chi connectivity index (χ0v) is 12.1. The second kappa shape index (κ2) is 5.60. The predicted molar refractivity (Wildman–Crippen MR) is 76.5 cm³/mol. The van der Waals surface area contributed by atoms with E-state index >= 15 is 0 Å². The molecule has 0 saturated carbocycles. The summed E-state index contributed by atoms with van der Waals surface area (Å²) in [4.78, 5) is 4.51. The summed E-state index contributed by atoms with van der Waals surface area (Å²) in [5.41, 5.74) is 7.34. The van der Waals surface area contributed by atoms with E-state index in [9.17, 15) is 8.42 Å². The van der Waals surface area contributed by atoms with Gasteiger partial charge in [0.2, 0.25) is 5.88 Å². The van der Waals surface area contributed by atoms with Crippen molar-refractivity contribution >= 4 is 9.84 Å². The van der Waals surface area contributed by atoms with Crippen molar-refractivity contribution in [2.75, 3.05) is 6.26 Å². The molecule has 2 rings (SSSR count). The molecule has 1 heterocycles. The molecule has 5 nitrogen and oxygen atoms in total. The van der Waals surface area contributed by atoms with Gasteiger partial charge in [0.25, 0.3) is 0 Å². The molecule has 0 saturated heterocycles. The van der Waals surface area contributed by atoms with Crippen LogP contribution >= 0.6 is 0 Å². The minimum atomic E-state index is -3.20. The molecule has 2 N–H and O–H groups in total. The van der Waals surface area contributed by atoms with Crippen molar-refractivity contribution in [1.82, 2.24) is 4.98 Å². The lowest BCUT2D eigenvalue weighted by Crippen LogP contribution is -2.00. The Morgan fingerprint density at radius 1 is 1.20 bits per heavy atom. The largest absolute Gasteiger partial charge is 0.439 e. The van der Waals surface area contributed by atoms with Crippen LogP contribution in [0.1, 0.15) is 11.3 Å². The predicted octanol–water partition coefficient (Wildman–Crippen LogP) is 2.04. The SMILES string of the molecule is Cc1cc(CN)cc(Oc2ccc(S(C)(=O)=O)cc2)n1. The fourth-order valence-electron chi connectivity index (χ4n) is 1.75. The molecule has 1 aromatic heterocycles. The topological polar surface area (TPSA) is 82.3 Å². The summed E-state index contributed by atoms with van der Waals surface area (Å²) in [7, 11) is -3.20. The number of benzene rings is 1. The van der Waals surface area contributed by atoms with Gasteiger partial charge in [0.1, 0.15) is 5.75 Å². The van der Waals surface area contributed by atoms with E-state index in [2.05, 4.69) is 4.98 Å². The van der Waals surface area contributed by atoms with Gasteiger partial charge in [-0.3, -0.25) is 0 Å². The molecule has 0 aliphatic carbocycles. The average molecular weight is 292 g/mol. The Morgan fingerprint density at radius 3 is 2.40 bits per heavy atom. The van der Waals surface area contributed by atoms with Gasteiger partial charge in [-0.15, -0.1) is 0 Å². The van der Waals surface area contributed by atoms with Crippen LogP contribution in [0.5, 0.6) is 11.6 Å². The van der Waals surface area contributed by atoms with Crippen molar-refractivity contribution in [3.8, 4) is 11.6 Å². The van der Waals surface area contributed by atoms with Crippen LogP contribution in [0.25, 0.3) is 0 Å². The number of hydrogen-bond donors (Lipinski definition) is 1. The number of nitrogens with two attached hydrogens (primary N) is 1. The van der Waals surface area contributed by atoms with Gasteiger partial charge in [0, 0.05) is 24.6 Å². The van der Waals surface area contributed by atoms with Gasteiger partial charge in [0.15, 0.2) is 9.84 Å². The number of nitrogens with zero attached hydrogens (tertiary/aromatic N) is 1. The highest BCUT2D eigenvalue weighted by molar-refractivity contribution is 7.90. The first-order valence-electron chi connectivity index (χ1n) is 6.04. The zero-order chi connectivity index (χ0) is 14.8. The number of pyridine rings is 1. The second-order valence-corrected chi connectivity index (χ2v) is 6.52. The Hall–Kier alpha value is -1.92. The summed E-state index contributed by atoms with van der Waals surface area (Å²) < 4.78 is 28.3. The van der Waals surface area contributed by atoms with E-state index in [-0.39, 0.29) is 4.90 Å². The lowest BCUT2D eigenvalue weighted by atomic mass is 10.2. The first-order chi connectivity index (χ1) is 9.38. The van der Waals surface area contributed by atoms with Gasteiger partial charge in [-0.2, -0.15) is 0 Å². The van der Waals surface area contributed by atoms with E-state index < -0.39 is 9.84 Å². The van der Waals surface area contributed by atoms with Crippen molar-refractivity contribution < 1.29 is 13.2 Å². The van der Waals surface area contributed by atoms with Gasteiger partial charge in [-0.25, -0.2) is 13.4 Å². The van der Waals surface area contributed by atoms with Gasteiger partial charge in [-0.05, 0) is 42.8 Å². The van der Waals surface area contributed by atoms with Crippen LogP contribution in [0.4, 0.5) is 0 Å². The molecule has 0 unspecified atom stereocenters. The first kappa shape index (κ1) is 14.5. The molecule has 0 spiro atoms. The molecule has 0 fully saturated rings. The molecule has 1 aromatic carbocycles. The minimum absolute atomic E-state index is 0.254. The smallest absolute Gasteiger partial charge is 0.219 e. The molecule has 0 aliphatic rings. The van der Waals surface area contributed by atoms with Gasteiger partial charge < -0.3 is 10.5 Å². The molecule has 0 aliphatic heterocycles. The highest BCUT2D eigenvalue weighted by Crippen LogP contribution is 2.22.